The number of fused-ring (bicyclic) bond motifs is 6. The Morgan fingerprint density at radius 2 is 1.45 bits per heavy atom. The Balaban J connectivity index is 1.57. The number of ketones is 2. The molecule has 6 rings (SSSR count). The Morgan fingerprint density at radius 3 is 2.06 bits per heavy atom. The number of rotatable bonds is 1. The van der Waals surface area contributed by atoms with Crippen LogP contribution in [0.15, 0.2) is 42.5 Å². The van der Waals surface area contributed by atoms with E-state index in [1.807, 2.05) is 36.9 Å². The summed E-state index contributed by atoms with van der Waals surface area (Å²) in [6, 6.07) is 12.2. The normalized spacial score (nSPS) is 28.6. The van der Waals surface area contributed by atoms with Crippen LogP contribution in [0.1, 0.15) is 44.7 Å². The molecule has 31 heavy (non-hydrogen) atoms. The Morgan fingerprint density at radius 1 is 0.839 bits per heavy atom. The lowest BCUT2D eigenvalue weighted by Crippen LogP contribution is -2.59. The number of amides is 2. The Bertz CT molecular complexity index is 1160. The number of imide groups is 1. The zero-order valence-electron chi connectivity index (χ0n) is 17.4. The zero-order chi connectivity index (χ0) is 21.7. The average molecular weight is 414 g/mol. The minimum Gasteiger partial charge on any atom is -0.291 e. The van der Waals surface area contributed by atoms with Gasteiger partial charge in [0.15, 0.2) is 17.1 Å². The summed E-state index contributed by atoms with van der Waals surface area (Å²) < 4.78 is 0. The molecule has 3 fully saturated rings. The Kier molecular flexibility index (Phi) is 3.59. The maximum atomic E-state index is 13.9. The average Bonchev–Trinajstić information content (AvgIpc) is 3.44. The van der Waals surface area contributed by atoms with E-state index in [0.717, 1.165) is 17.5 Å². The van der Waals surface area contributed by atoms with Crippen molar-refractivity contribution >= 4 is 29.1 Å². The van der Waals surface area contributed by atoms with Crippen molar-refractivity contribution in [2.45, 2.75) is 38.3 Å². The highest BCUT2D eigenvalue weighted by Gasteiger charge is 2.76. The summed E-state index contributed by atoms with van der Waals surface area (Å²) in [5, 5.41) is 0. The minimum absolute atomic E-state index is 0.266. The van der Waals surface area contributed by atoms with Crippen molar-refractivity contribution in [3.8, 4) is 0 Å². The van der Waals surface area contributed by atoms with E-state index >= 15 is 0 Å². The van der Waals surface area contributed by atoms with Crippen LogP contribution in [0.25, 0.3) is 0 Å². The number of aryl methyl sites for hydroxylation is 2. The van der Waals surface area contributed by atoms with E-state index in [-0.39, 0.29) is 23.5 Å². The number of para-hydroxylation sites is 1. The smallest absolute Gasteiger partial charge is 0.240 e. The van der Waals surface area contributed by atoms with Gasteiger partial charge in [-0.3, -0.25) is 24.1 Å². The maximum absolute atomic E-state index is 13.9. The Hall–Kier alpha value is -3.12. The quantitative estimate of drug-likeness (QED) is 0.530. The molecule has 1 aliphatic carbocycles. The van der Waals surface area contributed by atoms with Crippen LogP contribution in [0.5, 0.6) is 0 Å². The SMILES string of the molecule is Cc1cccc(C)c1N1C(=O)[C@@H]2[C@H]3CCCN3C3(C(=O)c4ccccc4C3=O)[C@H]2C1=O. The van der Waals surface area contributed by atoms with Crippen LogP contribution in [0, 0.1) is 25.7 Å². The molecule has 6 heteroatoms. The van der Waals surface area contributed by atoms with Crippen LogP contribution < -0.4 is 4.90 Å². The fourth-order valence-electron chi connectivity index (χ4n) is 6.62. The van der Waals surface area contributed by atoms with Crippen LogP contribution in [-0.2, 0) is 9.59 Å². The highest BCUT2D eigenvalue weighted by Crippen LogP contribution is 2.57. The first kappa shape index (κ1) is 18.6. The zero-order valence-corrected chi connectivity index (χ0v) is 17.4. The van der Waals surface area contributed by atoms with Crippen LogP contribution in [-0.4, -0.2) is 46.4 Å². The largest absolute Gasteiger partial charge is 0.291 e. The monoisotopic (exact) mass is 414 g/mol. The lowest BCUT2D eigenvalue weighted by atomic mass is 9.76. The number of Topliss-reactive ketones (excluding diaryl/α,β-unsaturated/α-hetero) is 2. The van der Waals surface area contributed by atoms with Gasteiger partial charge in [-0.2, -0.15) is 0 Å². The molecule has 0 radical (unpaired) electrons. The van der Waals surface area contributed by atoms with Gasteiger partial charge >= 0.3 is 0 Å². The molecule has 3 heterocycles. The van der Waals surface area contributed by atoms with Gasteiger partial charge in [0.1, 0.15) is 0 Å². The second-order valence-corrected chi connectivity index (χ2v) is 9.13. The lowest BCUT2D eigenvalue weighted by molar-refractivity contribution is -0.124. The predicted molar refractivity (Wildman–Crippen MR) is 113 cm³/mol. The number of hydrogen-bond donors (Lipinski definition) is 0. The summed E-state index contributed by atoms with van der Waals surface area (Å²) >= 11 is 0. The summed E-state index contributed by atoms with van der Waals surface area (Å²) in [5.41, 5.74) is 1.38. The molecule has 2 aromatic rings. The fraction of sp³-hybridized carbons (Fsp3) is 0.360. The minimum atomic E-state index is -1.59. The number of hydrogen-bond acceptors (Lipinski definition) is 5. The lowest BCUT2D eigenvalue weighted by Gasteiger charge is -2.35. The van der Waals surface area contributed by atoms with Gasteiger partial charge < -0.3 is 0 Å². The molecule has 2 aromatic carbocycles. The highest BCUT2D eigenvalue weighted by molar-refractivity contribution is 6.38. The second-order valence-electron chi connectivity index (χ2n) is 9.13. The fourth-order valence-corrected chi connectivity index (χ4v) is 6.62. The third-order valence-electron chi connectivity index (χ3n) is 7.74. The molecular weight excluding hydrogens is 392 g/mol. The van der Waals surface area contributed by atoms with E-state index in [1.165, 1.54) is 4.90 Å². The number of anilines is 1. The Labute approximate surface area is 179 Å². The molecule has 3 aliphatic heterocycles. The van der Waals surface area contributed by atoms with E-state index in [0.29, 0.717) is 29.8 Å². The number of carbonyl (C=O) groups is 4. The summed E-state index contributed by atoms with van der Waals surface area (Å²) in [7, 11) is 0. The molecule has 3 saturated heterocycles. The summed E-state index contributed by atoms with van der Waals surface area (Å²) in [5.74, 6) is -2.99. The molecule has 3 atom stereocenters. The first-order valence-corrected chi connectivity index (χ1v) is 10.8. The molecule has 1 spiro atoms. The summed E-state index contributed by atoms with van der Waals surface area (Å²) in [6.07, 6.45) is 1.51. The van der Waals surface area contributed by atoms with E-state index < -0.39 is 23.3 Å². The molecule has 0 bridgehead atoms. The standard InChI is InChI=1S/C25H22N2O4/c1-13-7-5-8-14(2)20(13)27-23(30)18-17-11-6-12-26(17)25(19(18)24(27)31)21(28)15-9-3-4-10-16(15)22(25)29/h3-5,7-10,17-19H,6,11-12H2,1-2H3/t17-,18-,19-/m1/s1. The van der Waals surface area contributed by atoms with Crippen molar-refractivity contribution in [3.05, 3.63) is 64.7 Å². The first-order chi connectivity index (χ1) is 14.9. The van der Waals surface area contributed by atoms with Gasteiger partial charge in [0.2, 0.25) is 11.8 Å². The molecular formula is C25H22N2O4. The van der Waals surface area contributed by atoms with Gasteiger partial charge in [-0.1, -0.05) is 42.5 Å². The van der Waals surface area contributed by atoms with Crippen LogP contribution >= 0.6 is 0 Å². The molecule has 0 aromatic heterocycles. The topological polar surface area (TPSA) is 74.8 Å². The number of carbonyl (C=O) groups excluding carboxylic acids is 4. The predicted octanol–water partition coefficient (Wildman–Crippen LogP) is 2.71. The van der Waals surface area contributed by atoms with Gasteiger partial charge in [-0.15, -0.1) is 0 Å². The van der Waals surface area contributed by atoms with Crippen molar-refractivity contribution in [1.82, 2.24) is 4.90 Å². The first-order valence-electron chi connectivity index (χ1n) is 10.8. The van der Waals surface area contributed by atoms with Crippen LogP contribution in [0.2, 0.25) is 0 Å². The van der Waals surface area contributed by atoms with Gasteiger partial charge in [0.05, 0.1) is 17.5 Å². The van der Waals surface area contributed by atoms with Crippen molar-refractivity contribution in [1.29, 1.82) is 0 Å². The summed E-state index contributed by atoms with van der Waals surface area (Å²) in [4.78, 5) is 58.4. The van der Waals surface area contributed by atoms with E-state index in [2.05, 4.69) is 0 Å². The maximum Gasteiger partial charge on any atom is 0.240 e. The van der Waals surface area contributed by atoms with Crippen LogP contribution in [0.4, 0.5) is 5.69 Å². The molecule has 0 N–H and O–H groups in total. The molecule has 0 unspecified atom stereocenters. The van der Waals surface area contributed by atoms with Crippen LogP contribution in [0.3, 0.4) is 0 Å². The second kappa shape index (κ2) is 5.98. The van der Waals surface area contributed by atoms with E-state index in [4.69, 9.17) is 0 Å². The summed E-state index contributed by atoms with van der Waals surface area (Å²) in [6.45, 7) is 4.29. The van der Waals surface area contributed by atoms with Crippen molar-refractivity contribution in [3.63, 3.8) is 0 Å². The van der Waals surface area contributed by atoms with Crippen molar-refractivity contribution in [2.24, 2.45) is 11.8 Å². The van der Waals surface area contributed by atoms with Crippen molar-refractivity contribution < 1.29 is 19.2 Å². The van der Waals surface area contributed by atoms with Gasteiger partial charge in [-0.25, -0.2) is 4.90 Å². The highest BCUT2D eigenvalue weighted by atomic mass is 16.2. The molecule has 6 nitrogen and oxygen atoms in total. The van der Waals surface area contributed by atoms with Gasteiger partial charge in [0, 0.05) is 17.2 Å². The van der Waals surface area contributed by atoms with Crippen molar-refractivity contribution in [2.75, 3.05) is 11.4 Å². The molecule has 0 saturated carbocycles. The van der Waals surface area contributed by atoms with Gasteiger partial charge in [-0.05, 0) is 44.4 Å². The number of benzene rings is 2. The number of nitrogens with zero attached hydrogens (tertiary/aromatic N) is 2. The third-order valence-corrected chi connectivity index (χ3v) is 7.74. The third kappa shape index (κ3) is 1.97. The van der Waals surface area contributed by atoms with Gasteiger partial charge in [0.25, 0.3) is 0 Å². The molecule has 4 aliphatic rings. The van der Waals surface area contributed by atoms with E-state index in [9.17, 15) is 19.2 Å². The molecule has 156 valence electrons. The molecule has 2 amide bonds. The van der Waals surface area contributed by atoms with E-state index in [1.54, 1.807) is 24.3 Å².